The minimum atomic E-state index is -0.106. The van der Waals surface area contributed by atoms with Crippen LogP contribution in [-0.2, 0) is 9.59 Å². The van der Waals surface area contributed by atoms with Crippen LogP contribution in [0.3, 0.4) is 0 Å². The summed E-state index contributed by atoms with van der Waals surface area (Å²) in [5.41, 5.74) is 6.04. The second-order valence-electron chi connectivity index (χ2n) is 3.18. The van der Waals surface area contributed by atoms with Crippen LogP contribution in [0.4, 0.5) is 0 Å². The van der Waals surface area contributed by atoms with Gasteiger partial charge in [0.15, 0.2) is 0 Å². The van der Waals surface area contributed by atoms with Crippen LogP contribution in [0, 0.1) is 0 Å². The molecule has 1 aliphatic heterocycles. The molecule has 0 aliphatic carbocycles. The van der Waals surface area contributed by atoms with Crippen molar-refractivity contribution < 1.29 is 9.59 Å². The van der Waals surface area contributed by atoms with E-state index in [4.69, 9.17) is 5.73 Å². The van der Waals surface area contributed by atoms with E-state index in [1.54, 1.807) is 0 Å². The molecule has 2 amide bonds. The fourth-order valence-corrected chi connectivity index (χ4v) is 1.26. The molecule has 0 aromatic rings. The van der Waals surface area contributed by atoms with Gasteiger partial charge in [-0.15, -0.1) is 0 Å². The van der Waals surface area contributed by atoms with Gasteiger partial charge in [-0.1, -0.05) is 6.58 Å². The van der Waals surface area contributed by atoms with Crippen molar-refractivity contribution in [1.82, 2.24) is 4.90 Å². The first-order valence-electron chi connectivity index (χ1n) is 4.35. The summed E-state index contributed by atoms with van der Waals surface area (Å²) < 4.78 is 0. The van der Waals surface area contributed by atoms with E-state index in [9.17, 15) is 9.59 Å². The molecule has 0 aromatic heterocycles. The van der Waals surface area contributed by atoms with Gasteiger partial charge in [-0.05, 0) is 12.0 Å². The number of rotatable bonds is 3. The lowest BCUT2D eigenvalue weighted by molar-refractivity contribution is -0.147. The molecule has 1 heterocycles. The Morgan fingerprint density at radius 1 is 1.38 bits per heavy atom. The highest BCUT2D eigenvalue weighted by atomic mass is 16.2. The predicted molar refractivity (Wildman–Crippen MR) is 48.8 cm³/mol. The highest BCUT2D eigenvalue weighted by Crippen LogP contribution is 2.12. The normalized spacial score (nSPS) is 17.8. The number of amides is 2. The molecule has 0 spiro atoms. The Labute approximate surface area is 77.4 Å². The molecule has 1 rings (SSSR count). The maximum absolute atomic E-state index is 11.3. The van der Waals surface area contributed by atoms with E-state index in [1.807, 2.05) is 0 Å². The second-order valence-corrected chi connectivity index (χ2v) is 3.18. The van der Waals surface area contributed by atoms with Crippen LogP contribution in [0.2, 0.25) is 0 Å². The number of hydrogen-bond acceptors (Lipinski definition) is 3. The molecule has 4 heteroatoms. The lowest BCUT2D eigenvalue weighted by atomic mass is 10.1. The highest BCUT2D eigenvalue weighted by molar-refractivity contribution is 5.97. The van der Waals surface area contributed by atoms with Crippen molar-refractivity contribution in [1.29, 1.82) is 0 Å². The average molecular weight is 182 g/mol. The molecule has 0 aromatic carbocycles. The fourth-order valence-electron chi connectivity index (χ4n) is 1.26. The van der Waals surface area contributed by atoms with E-state index in [2.05, 4.69) is 6.58 Å². The number of hydrogen-bond donors (Lipinski definition) is 1. The van der Waals surface area contributed by atoms with Crippen LogP contribution in [-0.4, -0.2) is 29.8 Å². The fraction of sp³-hybridized carbons (Fsp3) is 0.556. The van der Waals surface area contributed by atoms with E-state index >= 15 is 0 Å². The van der Waals surface area contributed by atoms with Gasteiger partial charge >= 0.3 is 0 Å². The zero-order chi connectivity index (χ0) is 9.84. The monoisotopic (exact) mass is 182 g/mol. The largest absolute Gasteiger partial charge is 0.327 e. The molecule has 0 atom stereocenters. The molecule has 13 heavy (non-hydrogen) atoms. The van der Waals surface area contributed by atoms with Crippen molar-refractivity contribution in [3.8, 4) is 0 Å². The molecule has 1 aliphatic rings. The van der Waals surface area contributed by atoms with Crippen LogP contribution >= 0.6 is 0 Å². The smallest absolute Gasteiger partial charge is 0.229 e. The first-order valence-corrected chi connectivity index (χ1v) is 4.35. The Kier molecular flexibility index (Phi) is 3.19. The maximum Gasteiger partial charge on any atom is 0.229 e. The van der Waals surface area contributed by atoms with E-state index in [1.165, 1.54) is 4.90 Å². The average Bonchev–Trinajstić information content (AvgIpc) is 2.11. The molecule has 72 valence electrons. The van der Waals surface area contributed by atoms with E-state index < -0.39 is 0 Å². The quantitative estimate of drug-likeness (QED) is 0.495. The van der Waals surface area contributed by atoms with Gasteiger partial charge in [-0.25, -0.2) is 0 Å². The minimum absolute atomic E-state index is 0.106. The van der Waals surface area contributed by atoms with Crippen LogP contribution < -0.4 is 5.73 Å². The summed E-state index contributed by atoms with van der Waals surface area (Å²) in [4.78, 5) is 23.8. The Bertz CT molecular complexity index is 232. The minimum Gasteiger partial charge on any atom is -0.327 e. The molecule has 0 radical (unpaired) electrons. The summed E-state index contributed by atoms with van der Waals surface area (Å²) in [6.45, 7) is 4.27. The Morgan fingerprint density at radius 2 is 1.92 bits per heavy atom. The molecule has 0 bridgehead atoms. The lowest BCUT2D eigenvalue weighted by Crippen LogP contribution is -2.41. The van der Waals surface area contributed by atoms with Gasteiger partial charge in [0.2, 0.25) is 11.8 Å². The topological polar surface area (TPSA) is 63.4 Å². The van der Waals surface area contributed by atoms with Gasteiger partial charge in [-0.3, -0.25) is 14.5 Å². The molecule has 2 N–H and O–H groups in total. The Morgan fingerprint density at radius 3 is 2.38 bits per heavy atom. The summed E-state index contributed by atoms with van der Waals surface area (Å²) in [6.07, 6.45) is 1.59. The Hall–Kier alpha value is -1.16. The van der Waals surface area contributed by atoms with Gasteiger partial charge in [0.25, 0.3) is 0 Å². The number of piperidine rings is 1. The summed E-state index contributed by atoms with van der Waals surface area (Å²) in [5, 5.41) is 0. The van der Waals surface area contributed by atoms with Crippen molar-refractivity contribution in [2.75, 3.05) is 13.1 Å². The van der Waals surface area contributed by atoms with Crippen LogP contribution in [0.1, 0.15) is 19.3 Å². The van der Waals surface area contributed by atoms with Crippen LogP contribution in [0.5, 0.6) is 0 Å². The number of carbonyl (C=O) groups is 2. The SMILES string of the molecule is C=C(CN)CN1C(=O)CCCC1=O. The summed E-state index contributed by atoms with van der Waals surface area (Å²) >= 11 is 0. The van der Waals surface area contributed by atoms with E-state index in [0.717, 1.165) is 0 Å². The zero-order valence-corrected chi connectivity index (χ0v) is 7.58. The molecular weight excluding hydrogens is 168 g/mol. The van der Waals surface area contributed by atoms with Crippen molar-refractivity contribution in [2.45, 2.75) is 19.3 Å². The molecule has 0 unspecified atom stereocenters. The second kappa shape index (κ2) is 4.18. The van der Waals surface area contributed by atoms with Crippen LogP contribution in [0.25, 0.3) is 0 Å². The first-order chi connectivity index (χ1) is 6.15. The van der Waals surface area contributed by atoms with Gasteiger partial charge in [0.05, 0.1) is 6.54 Å². The van der Waals surface area contributed by atoms with Gasteiger partial charge in [-0.2, -0.15) is 0 Å². The van der Waals surface area contributed by atoms with E-state index in [-0.39, 0.29) is 18.4 Å². The summed E-state index contributed by atoms with van der Waals surface area (Å²) in [7, 11) is 0. The number of nitrogens with two attached hydrogens (primary N) is 1. The van der Waals surface area contributed by atoms with Gasteiger partial charge in [0.1, 0.15) is 0 Å². The van der Waals surface area contributed by atoms with Crippen molar-refractivity contribution in [2.24, 2.45) is 5.73 Å². The lowest BCUT2D eigenvalue weighted by Gasteiger charge is -2.25. The zero-order valence-electron chi connectivity index (χ0n) is 7.58. The third kappa shape index (κ3) is 2.39. The number of imide groups is 1. The number of nitrogens with zero attached hydrogens (tertiary/aromatic N) is 1. The van der Waals surface area contributed by atoms with Crippen molar-refractivity contribution in [3.63, 3.8) is 0 Å². The van der Waals surface area contributed by atoms with Crippen LogP contribution in [0.15, 0.2) is 12.2 Å². The number of likely N-dealkylation sites (tertiary alicyclic amines) is 1. The number of carbonyl (C=O) groups excluding carboxylic acids is 2. The van der Waals surface area contributed by atoms with E-state index in [0.29, 0.717) is 31.4 Å². The van der Waals surface area contributed by atoms with Crippen molar-refractivity contribution >= 4 is 11.8 Å². The third-order valence-electron chi connectivity index (χ3n) is 2.05. The summed E-state index contributed by atoms with van der Waals surface area (Å²) in [5.74, 6) is -0.211. The molecule has 4 nitrogen and oxygen atoms in total. The molecule has 1 saturated heterocycles. The first kappa shape index (κ1) is 9.92. The van der Waals surface area contributed by atoms with Crippen molar-refractivity contribution in [3.05, 3.63) is 12.2 Å². The van der Waals surface area contributed by atoms with Gasteiger partial charge < -0.3 is 5.73 Å². The highest BCUT2D eigenvalue weighted by Gasteiger charge is 2.25. The maximum atomic E-state index is 11.3. The molecule has 1 fully saturated rings. The summed E-state index contributed by atoms with van der Waals surface area (Å²) in [6, 6.07) is 0. The standard InChI is InChI=1S/C9H14N2O2/c1-7(5-10)6-11-8(12)3-2-4-9(11)13/h1-6,10H2. The Balaban J connectivity index is 2.59. The van der Waals surface area contributed by atoms with Gasteiger partial charge in [0, 0.05) is 19.4 Å². The third-order valence-corrected chi connectivity index (χ3v) is 2.05. The molecular formula is C9H14N2O2. The molecule has 0 saturated carbocycles. The predicted octanol–water partition coefficient (Wildman–Crippen LogP) is 0.0404.